The summed E-state index contributed by atoms with van der Waals surface area (Å²) in [6.07, 6.45) is 3.27. The van der Waals surface area contributed by atoms with Gasteiger partial charge >= 0.3 is 0 Å². The first kappa shape index (κ1) is 14.0. The Kier molecular flexibility index (Phi) is 4.12. The molecule has 0 saturated carbocycles. The lowest BCUT2D eigenvalue weighted by atomic mass is 10.2. The largest absolute Gasteiger partial charge is 0.472 e. The molecule has 3 heterocycles. The minimum Gasteiger partial charge on any atom is -0.472 e. The number of carbonyl (C=O) groups is 1. The van der Waals surface area contributed by atoms with Gasteiger partial charge in [0, 0.05) is 17.0 Å². The summed E-state index contributed by atoms with van der Waals surface area (Å²) in [5.74, 6) is -0.0444. The van der Waals surface area contributed by atoms with Crippen LogP contribution in [0, 0.1) is 6.92 Å². The van der Waals surface area contributed by atoms with Crippen molar-refractivity contribution >= 4 is 28.8 Å². The summed E-state index contributed by atoms with van der Waals surface area (Å²) in [4.78, 5) is 16.2. The van der Waals surface area contributed by atoms with E-state index in [1.54, 1.807) is 35.7 Å². The van der Waals surface area contributed by atoms with Crippen molar-refractivity contribution in [3.05, 3.63) is 57.1 Å². The molecule has 0 aromatic carbocycles. The number of nitrogens with zero attached hydrogens (tertiary/aromatic N) is 3. The molecule has 0 unspecified atom stereocenters. The van der Waals surface area contributed by atoms with Crippen LogP contribution in [0.2, 0.25) is 0 Å². The van der Waals surface area contributed by atoms with Gasteiger partial charge in [-0.3, -0.25) is 4.79 Å². The first-order valence-electron chi connectivity index (χ1n) is 6.35. The van der Waals surface area contributed by atoms with Gasteiger partial charge in [0.2, 0.25) is 0 Å². The first-order valence-corrected chi connectivity index (χ1v) is 8.01. The molecule has 3 aromatic heterocycles. The Bertz CT molecular complexity index is 668. The predicted octanol–water partition coefficient (Wildman–Crippen LogP) is 3.34. The van der Waals surface area contributed by atoms with E-state index in [-0.39, 0.29) is 5.91 Å². The second-order valence-electron chi connectivity index (χ2n) is 4.56. The Morgan fingerprint density at radius 1 is 1.38 bits per heavy atom. The van der Waals surface area contributed by atoms with Gasteiger partial charge in [-0.2, -0.15) is 0 Å². The van der Waals surface area contributed by atoms with Crippen molar-refractivity contribution < 1.29 is 9.21 Å². The molecular weight excluding hydrogens is 306 g/mol. The fourth-order valence-electron chi connectivity index (χ4n) is 1.96. The van der Waals surface area contributed by atoms with E-state index in [0.29, 0.717) is 23.7 Å². The number of furan rings is 1. The number of thiophene rings is 1. The van der Waals surface area contributed by atoms with E-state index in [0.717, 1.165) is 22.0 Å². The van der Waals surface area contributed by atoms with Gasteiger partial charge in [0.15, 0.2) is 0 Å². The van der Waals surface area contributed by atoms with E-state index in [1.165, 1.54) is 0 Å². The molecule has 3 rings (SSSR count). The van der Waals surface area contributed by atoms with Gasteiger partial charge in [-0.05, 0) is 36.0 Å². The van der Waals surface area contributed by atoms with Gasteiger partial charge < -0.3 is 9.32 Å². The molecule has 0 aliphatic rings. The van der Waals surface area contributed by atoms with E-state index < -0.39 is 0 Å². The van der Waals surface area contributed by atoms with E-state index in [4.69, 9.17) is 4.42 Å². The van der Waals surface area contributed by atoms with E-state index >= 15 is 0 Å². The molecular formula is C14H13N3O2S2. The number of amides is 1. The van der Waals surface area contributed by atoms with Crippen molar-refractivity contribution in [2.75, 3.05) is 0 Å². The summed E-state index contributed by atoms with van der Waals surface area (Å²) < 4.78 is 8.93. The Labute approximate surface area is 130 Å². The smallest absolute Gasteiger partial charge is 0.268 e. The summed E-state index contributed by atoms with van der Waals surface area (Å²) in [5, 5.41) is 5.93. The molecule has 0 spiro atoms. The molecule has 0 radical (unpaired) electrons. The highest BCUT2D eigenvalue weighted by atomic mass is 32.1. The van der Waals surface area contributed by atoms with Gasteiger partial charge in [-0.1, -0.05) is 10.6 Å². The normalized spacial score (nSPS) is 10.7. The molecule has 0 atom stereocenters. The third kappa shape index (κ3) is 3.20. The van der Waals surface area contributed by atoms with Crippen molar-refractivity contribution in [1.82, 2.24) is 14.5 Å². The quantitative estimate of drug-likeness (QED) is 0.723. The van der Waals surface area contributed by atoms with Crippen molar-refractivity contribution in [1.29, 1.82) is 0 Å². The third-order valence-electron chi connectivity index (χ3n) is 3.01. The molecule has 0 fully saturated rings. The Morgan fingerprint density at radius 2 is 2.29 bits per heavy atom. The zero-order valence-electron chi connectivity index (χ0n) is 11.4. The molecule has 5 nitrogen and oxygen atoms in total. The van der Waals surface area contributed by atoms with Crippen molar-refractivity contribution in [3.63, 3.8) is 0 Å². The van der Waals surface area contributed by atoms with E-state index in [2.05, 4.69) is 9.59 Å². The number of rotatable bonds is 5. The molecule has 7 heteroatoms. The number of carbonyl (C=O) groups excluding carboxylic acids is 1. The molecule has 0 saturated heterocycles. The minimum atomic E-state index is -0.0444. The maximum atomic E-state index is 12.7. The highest BCUT2D eigenvalue weighted by Crippen LogP contribution is 2.20. The molecule has 0 bridgehead atoms. The van der Waals surface area contributed by atoms with Gasteiger partial charge in [-0.15, -0.1) is 16.4 Å². The topological polar surface area (TPSA) is 59.2 Å². The summed E-state index contributed by atoms with van der Waals surface area (Å²) in [6.45, 7) is 2.88. The van der Waals surface area contributed by atoms with Crippen molar-refractivity contribution in [2.24, 2.45) is 0 Å². The number of hydrogen-bond acceptors (Lipinski definition) is 6. The number of aryl methyl sites for hydroxylation is 1. The van der Waals surface area contributed by atoms with E-state index in [9.17, 15) is 4.79 Å². The highest BCUT2D eigenvalue weighted by molar-refractivity contribution is 7.10. The van der Waals surface area contributed by atoms with Gasteiger partial charge in [-0.25, -0.2) is 0 Å². The second kappa shape index (κ2) is 6.19. The van der Waals surface area contributed by atoms with Crippen LogP contribution in [-0.2, 0) is 13.1 Å². The average molecular weight is 319 g/mol. The highest BCUT2D eigenvalue weighted by Gasteiger charge is 2.21. The lowest BCUT2D eigenvalue weighted by Gasteiger charge is -2.20. The summed E-state index contributed by atoms with van der Waals surface area (Å²) >= 11 is 2.78. The van der Waals surface area contributed by atoms with Crippen LogP contribution in [0.4, 0.5) is 0 Å². The summed E-state index contributed by atoms with van der Waals surface area (Å²) in [6, 6.07) is 5.88. The molecule has 3 aromatic rings. The van der Waals surface area contributed by atoms with Crippen molar-refractivity contribution in [2.45, 2.75) is 20.0 Å². The summed E-state index contributed by atoms with van der Waals surface area (Å²) in [7, 11) is 0. The molecule has 21 heavy (non-hydrogen) atoms. The van der Waals surface area contributed by atoms with Crippen LogP contribution in [0.25, 0.3) is 0 Å². The molecule has 1 amide bonds. The Morgan fingerprint density at radius 3 is 2.90 bits per heavy atom. The Hall–Kier alpha value is -1.99. The van der Waals surface area contributed by atoms with Crippen LogP contribution in [0.1, 0.15) is 25.8 Å². The maximum Gasteiger partial charge on any atom is 0.268 e. The predicted molar refractivity (Wildman–Crippen MR) is 81.3 cm³/mol. The minimum absolute atomic E-state index is 0.0444. The molecule has 0 aliphatic carbocycles. The number of aromatic nitrogens is 2. The third-order valence-corrected chi connectivity index (χ3v) is 4.69. The van der Waals surface area contributed by atoms with Crippen LogP contribution in [0.5, 0.6) is 0 Å². The van der Waals surface area contributed by atoms with E-state index in [1.807, 2.05) is 23.6 Å². The van der Waals surface area contributed by atoms with Gasteiger partial charge in [0.1, 0.15) is 4.88 Å². The van der Waals surface area contributed by atoms with Gasteiger partial charge in [0.25, 0.3) is 5.91 Å². The fourth-order valence-corrected chi connectivity index (χ4v) is 3.31. The molecule has 0 aliphatic heterocycles. The van der Waals surface area contributed by atoms with Crippen LogP contribution in [0.3, 0.4) is 0 Å². The van der Waals surface area contributed by atoms with Crippen molar-refractivity contribution in [3.8, 4) is 0 Å². The van der Waals surface area contributed by atoms with Crippen LogP contribution < -0.4 is 0 Å². The monoisotopic (exact) mass is 319 g/mol. The SMILES string of the molecule is Cc1nnsc1C(=O)N(Cc1ccoc1)Cc1cccs1. The second-order valence-corrected chi connectivity index (χ2v) is 6.35. The average Bonchev–Trinajstić information content (AvgIpc) is 3.19. The summed E-state index contributed by atoms with van der Waals surface area (Å²) in [5.41, 5.74) is 1.64. The lowest BCUT2D eigenvalue weighted by molar-refractivity contribution is 0.0735. The molecule has 108 valence electrons. The maximum absolute atomic E-state index is 12.7. The first-order chi connectivity index (χ1) is 10.2. The van der Waals surface area contributed by atoms with Gasteiger partial charge in [0.05, 0.1) is 24.8 Å². The number of hydrogen-bond donors (Lipinski definition) is 0. The lowest BCUT2D eigenvalue weighted by Crippen LogP contribution is -2.29. The fraction of sp³-hybridized carbons (Fsp3) is 0.214. The van der Waals surface area contributed by atoms with Crippen LogP contribution in [0.15, 0.2) is 40.5 Å². The standard InChI is InChI=1S/C14H13N3O2S2/c1-10-13(21-16-15-10)14(18)17(7-11-4-5-19-9-11)8-12-3-2-6-20-12/h2-6,9H,7-8H2,1H3. The van der Waals surface area contributed by atoms with Crippen LogP contribution in [-0.4, -0.2) is 20.4 Å². The zero-order chi connectivity index (χ0) is 14.7. The van der Waals surface area contributed by atoms with Crippen LogP contribution >= 0.6 is 22.9 Å². The zero-order valence-corrected chi connectivity index (χ0v) is 13.0. The Balaban J connectivity index is 1.84. The molecule has 0 N–H and O–H groups in total.